The van der Waals surface area contributed by atoms with Crippen LogP contribution in [0.2, 0.25) is 0 Å². The molecule has 0 radical (unpaired) electrons. The Labute approximate surface area is 297 Å². The Morgan fingerprint density at radius 3 is 2.49 bits per heavy atom. The minimum absolute atomic E-state index is 0.365. The molecule has 5 atom stereocenters. The molecule has 1 aliphatic heterocycles. The van der Waals surface area contributed by atoms with Crippen LogP contribution < -0.4 is 0 Å². The summed E-state index contributed by atoms with van der Waals surface area (Å²) in [4.78, 5) is 5.25. The highest BCUT2D eigenvalue weighted by Crippen LogP contribution is 2.66. The lowest BCUT2D eigenvalue weighted by Gasteiger charge is -2.35. The van der Waals surface area contributed by atoms with E-state index in [1.165, 1.54) is 107 Å². The predicted molar refractivity (Wildman–Crippen MR) is 207 cm³/mol. The number of fused-ring (bicyclic) bond motifs is 1. The van der Waals surface area contributed by atoms with Crippen molar-refractivity contribution in [1.82, 2.24) is 9.80 Å². The normalized spacial score (nSPS) is 28.5. The van der Waals surface area contributed by atoms with Gasteiger partial charge in [0.1, 0.15) is 0 Å². The number of piperazine rings is 1. The summed E-state index contributed by atoms with van der Waals surface area (Å²) in [5, 5.41) is 0. The third kappa shape index (κ3) is 9.04. The van der Waals surface area contributed by atoms with Gasteiger partial charge >= 0.3 is 0 Å². The average Bonchev–Trinajstić information content (AvgIpc) is 3.88. The highest BCUT2D eigenvalue weighted by atomic mass is 15.3. The minimum atomic E-state index is 0.365. The van der Waals surface area contributed by atoms with E-state index in [-0.39, 0.29) is 0 Å². The number of hydrogen-bond acceptors (Lipinski definition) is 2. The van der Waals surface area contributed by atoms with E-state index >= 15 is 0 Å². The Morgan fingerprint density at radius 1 is 0.898 bits per heavy atom. The summed E-state index contributed by atoms with van der Waals surface area (Å²) in [5.74, 6) is 3.01. The van der Waals surface area contributed by atoms with E-state index in [4.69, 9.17) is 0 Å². The number of benzene rings is 2. The Balaban J connectivity index is 0.851. The van der Waals surface area contributed by atoms with Gasteiger partial charge in [-0.1, -0.05) is 129 Å². The SMILES string of the molecule is C=C(CCCCN1CCN(Cc2ccccc2)CC1)C1=CC/C(CC2CCCC(CC(c3ccccc3)C34C=CC=CC3C4)C2)=C\C=C=C1. The number of rotatable bonds is 14. The van der Waals surface area contributed by atoms with Gasteiger partial charge in [-0.15, -0.1) is 5.73 Å². The van der Waals surface area contributed by atoms with Crippen LogP contribution in [0.5, 0.6) is 0 Å². The van der Waals surface area contributed by atoms with Gasteiger partial charge in [0.2, 0.25) is 0 Å². The van der Waals surface area contributed by atoms with Crippen LogP contribution in [0.25, 0.3) is 0 Å². The molecule has 0 bridgehead atoms. The Hall–Kier alpha value is -3.42. The molecule has 49 heavy (non-hydrogen) atoms. The molecule has 5 unspecified atom stereocenters. The Bertz CT molecular complexity index is 1580. The van der Waals surface area contributed by atoms with E-state index in [1.54, 1.807) is 11.1 Å². The molecule has 5 aliphatic rings. The summed E-state index contributed by atoms with van der Waals surface area (Å²) < 4.78 is 0. The molecule has 0 aromatic heterocycles. The van der Waals surface area contributed by atoms with Crippen LogP contribution in [0.4, 0.5) is 0 Å². The molecule has 3 fully saturated rings. The van der Waals surface area contributed by atoms with Crippen molar-refractivity contribution in [2.45, 2.75) is 83.1 Å². The van der Waals surface area contributed by atoms with Crippen molar-refractivity contribution in [2.75, 3.05) is 32.7 Å². The van der Waals surface area contributed by atoms with Gasteiger partial charge in [0.05, 0.1) is 0 Å². The lowest BCUT2D eigenvalue weighted by molar-refractivity contribution is 0.125. The smallest absolute Gasteiger partial charge is 0.0234 e. The summed E-state index contributed by atoms with van der Waals surface area (Å²) in [7, 11) is 0. The molecule has 0 N–H and O–H groups in total. The van der Waals surface area contributed by atoms with Gasteiger partial charge in [0.25, 0.3) is 0 Å². The second-order valence-electron chi connectivity index (χ2n) is 15.8. The first-order valence-corrected chi connectivity index (χ1v) is 19.5. The van der Waals surface area contributed by atoms with Crippen LogP contribution in [0.1, 0.15) is 87.7 Å². The molecule has 2 nitrogen and oxygen atoms in total. The number of allylic oxidation sites excluding steroid dienone is 10. The summed E-state index contributed by atoms with van der Waals surface area (Å²) in [5.41, 5.74) is 11.0. The van der Waals surface area contributed by atoms with Crippen molar-refractivity contribution in [3.63, 3.8) is 0 Å². The largest absolute Gasteiger partial charge is 0.301 e. The Kier molecular flexibility index (Phi) is 11.5. The second kappa shape index (κ2) is 16.5. The zero-order valence-electron chi connectivity index (χ0n) is 29.8. The molecule has 2 saturated carbocycles. The maximum absolute atomic E-state index is 4.53. The van der Waals surface area contributed by atoms with E-state index in [0.717, 1.165) is 37.1 Å². The fourth-order valence-electron chi connectivity index (χ4n) is 9.47. The zero-order valence-corrected chi connectivity index (χ0v) is 29.8. The molecular formula is C47H58N2. The first-order chi connectivity index (χ1) is 24.1. The van der Waals surface area contributed by atoms with E-state index in [2.05, 4.69) is 131 Å². The minimum Gasteiger partial charge on any atom is -0.301 e. The topological polar surface area (TPSA) is 6.48 Å². The maximum atomic E-state index is 4.53. The van der Waals surface area contributed by atoms with Crippen molar-refractivity contribution in [3.8, 4) is 0 Å². The van der Waals surface area contributed by atoms with Gasteiger partial charge in [-0.25, -0.2) is 0 Å². The van der Waals surface area contributed by atoms with Crippen molar-refractivity contribution in [1.29, 1.82) is 0 Å². The van der Waals surface area contributed by atoms with E-state index in [0.29, 0.717) is 11.3 Å². The van der Waals surface area contributed by atoms with Gasteiger partial charge in [-0.3, -0.25) is 4.90 Å². The van der Waals surface area contributed by atoms with Crippen LogP contribution in [-0.2, 0) is 6.54 Å². The summed E-state index contributed by atoms with van der Waals surface area (Å²) in [6.07, 6.45) is 32.8. The second-order valence-corrected chi connectivity index (χ2v) is 15.8. The van der Waals surface area contributed by atoms with Crippen LogP contribution >= 0.6 is 0 Å². The summed E-state index contributed by atoms with van der Waals surface area (Å²) in [6.45, 7) is 11.5. The maximum Gasteiger partial charge on any atom is 0.0234 e. The van der Waals surface area contributed by atoms with Crippen molar-refractivity contribution < 1.29 is 0 Å². The van der Waals surface area contributed by atoms with Gasteiger partial charge in [-0.2, -0.15) is 0 Å². The zero-order chi connectivity index (χ0) is 33.3. The lowest BCUT2D eigenvalue weighted by Crippen LogP contribution is -2.46. The molecule has 2 aromatic carbocycles. The lowest BCUT2D eigenvalue weighted by atomic mass is 9.69. The van der Waals surface area contributed by atoms with Gasteiger partial charge in [-0.05, 0) is 116 Å². The molecule has 1 heterocycles. The first kappa shape index (κ1) is 34.0. The third-order valence-corrected chi connectivity index (χ3v) is 12.4. The molecule has 0 amide bonds. The number of unbranched alkanes of at least 4 members (excludes halogenated alkanes) is 1. The summed E-state index contributed by atoms with van der Waals surface area (Å²) in [6, 6.07) is 22.4. The Morgan fingerprint density at radius 2 is 1.67 bits per heavy atom. The fourth-order valence-corrected chi connectivity index (χ4v) is 9.47. The molecular weight excluding hydrogens is 593 g/mol. The van der Waals surface area contributed by atoms with Gasteiger partial charge < -0.3 is 4.90 Å². The third-order valence-electron chi connectivity index (χ3n) is 12.4. The van der Waals surface area contributed by atoms with Crippen LogP contribution in [0.15, 0.2) is 138 Å². The highest BCUT2D eigenvalue weighted by molar-refractivity contribution is 5.40. The van der Waals surface area contributed by atoms with E-state index in [9.17, 15) is 0 Å². The van der Waals surface area contributed by atoms with E-state index < -0.39 is 0 Å². The molecule has 2 heteroatoms. The van der Waals surface area contributed by atoms with Crippen molar-refractivity contribution >= 4 is 0 Å². The van der Waals surface area contributed by atoms with Gasteiger partial charge in [0, 0.05) is 38.1 Å². The molecule has 4 aliphatic carbocycles. The number of nitrogens with zero attached hydrogens (tertiary/aromatic N) is 2. The molecule has 0 spiro atoms. The quantitative estimate of drug-likeness (QED) is 0.148. The van der Waals surface area contributed by atoms with Gasteiger partial charge in [0.15, 0.2) is 0 Å². The fraction of sp³-hybridized carbons (Fsp3) is 0.468. The van der Waals surface area contributed by atoms with Crippen LogP contribution in [0, 0.1) is 23.2 Å². The molecule has 7 rings (SSSR count). The van der Waals surface area contributed by atoms with Crippen molar-refractivity contribution in [3.05, 3.63) is 149 Å². The highest BCUT2D eigenvalue weighted by Gasteiger charge is 2.56. The van der Waals surface area contributed by atoms with E-state index in [1.807, 2.05) is 0 Å². The number of hydrogen-bond donors (Lipinski definition) is 0. The van der Waals surface area contributed by atoms with Crippen molar-refractivity contribution in [2.24, 2.45) is 23.2 Å². The molecule has 256 valence electrons. The molecule has 1 saturated heterocycles. The molecule has 2 aromatic rings. The predicted octanol–water partition coefficient (Wildman–Crippen LogP) is 11.0. The monoisotopic (exact) mass is 650 g/mol. The van der Waals surface area contributed by atoms with Crippen LogP contribution in [0.3, 0.4) is 0 Å². The van der Waals surface area contributed by atoms with Crippen LogP contribution in [-0.4, -0.2) is 42.5 Å². The summed E-state index contributed by atoms with van der Waals surface area (Å²) >= 11 is 0. The first-order valence-electron chi connectivity index (χ1n) is 19.5. The average molecular weight is 651 g/mol. The standard InChI is InChI=1S/C47H58N2/c1-38(15-11-13-28-48-29-31-49(32-30-48)37-40-17-4-2-5-18-40)43-21-9-8-16-39(25-26-43)33-41-19-14-20-42(34-41)35-46(44-22-6-3-7-23-44)47-27-12-10-24-45(47)36-47/h2-8,10,12,16-18,21-24,26-27,41-42,45-46H,1,11,13-15,19-20,25,28-37H2/b39-16+,43-26?.